The molecule has 0 aromatic carbocycles. The van der Waals surface area contributed by atoms with E-state index < -0.39 is 0 Å². The van der Waals surface area contributed by atoms with Crippen LogP contribution in [0.5, 0.6) is 0 Å². The van der Waals surface area contributed by atoms with E-state index in [-0.39, 0.29) is 0 Å². The van der Waals surface area contributed by atoms with Crippen LogP contribution in [0.4, 0.5) is 0 Å². The van der Waals surface area contributed by atoms with Crippen LogP contribution in [0.1, 0.15) is 40.0 Å². The Morgan fingerprint density at radius 1 is 1.42 bits per heavy atom. The molecule has 1 fully saturated rings. The Kier molecular flexibility index (Phi) is 4.07. The number of hydrogen-bond acceptors (Lipinski definition) is 1. The monoisotopic (exact) mass is 169 g/mol. The van der Waals surface area contributed by atoms with Crippen molar-refractivity contribution in [2.75, 3.05) is 6.61 Å². The van der Waals surface area contributed by atoms with Gasteiger partial charge in [-0.15, -0.1) is 0 Å². The molecular weight excluding hydrogens is 148 g/mol. The molecule has 1 radical (unpaired) electrons. The standard InChI is InChI=1S/C11H21O/c1-4-10-6-7-11(12-5-2)8-9(10)3/h4,9-11H,5-8H2,1-3H3. The van der Waals surface area contributed by atoms with Gasteiger partial charge in [0.1, 0.15) is 0 Å². The zero-order valence-electron chi connectivity index (χ0n) is 8.55. The first-order valence-electron chi connectivity index (χ1n) is 5.19. The van der Waals surface area contributed by atoms with Crippen molar-refractivity contribution < 1.29 is 4.74 Å². The number of hydrogen-bond donors (Lipinski definition) is 0. The minimum absolute atomic E-state index is 0.543. The molecular formula is C11H21O. The van der Waals surface area contributed by atoms with E-state index in [0.29, 0.717) is 6.10 Å². The molecule has 0 aromatic rings. The summed E-state index contributed by atoms with van der Waals surface area (Å²) in [5.74, 6) is 1.65. The van der Waals surface area contributed by atoms with Gasteiger partial charge in [0, 0.05) is 6.61 Å². The molecule has 0 heterocycles. The summed E-state index contributed by atoms with van der Waals surface area (Å²) in [6, 6.07) is 0. The predicted molar refractivity (Wildman–Crippen MR) is 51.9 cm³/mol. The van der Waals surface area contributed by atoms with Gasteiger partial charge in [0.2, 0.25) is 0 Å². The Hall–Kier alpha value is -0.0400. The third-order valence-corrected chi connectivity index (χ3v) is 3.02. The van der Waals surface area contributed by atoms with Gasteiger partial charge in [-0.05, 0) is 44.4 Å². The molecule has 0 aromatic heterocycles. The first kappa shape index (κ1) is 10.0. The summed E-state index contributed by atoms with van der Waals surface area (Å²) in [5, 5.41) is 0. The molecule has 0 aliphatic heterocycles. The van der Waals surface area contributed by atoms with Gasteiger partial charge in [-0.2, -0.15) is 0 Å². The van der Waals surface area contributed by atoms with Gasteiger partial charge < -0.3 is 4.74 Å². The second-order valence-corrected chi connectivity index (χ2v) is 3.86. The summed E-state index contributed by atoms with van der Waals surface area (Å²) in [5.41, 5.74) is 0. The highest BCUT2D eigenvalue weighted by Crippen LogP contribution is 2.32. The summed E-state index contributed by atoms with van der Waals surface area (Å²) >= 11 is 0. The smallest absolute Gasteiger partial charge is 0.0577 e. The van der Waals surface area contributed by atoms with E-state index in [0.717, 1.165) is 18.4 Å². The first-order chi connectivity index (χ1) is 5.77. The highest BCUT2D eigenvalue weighted by atomic mass is 16.5. The normalized spacial score (nSPS) is 36.8. The average Bonchev–Trinajstić information content (AvgIpc) is 2.05. The van der Waals surface area contributed by atoms with Gasteiger partial charge in [0.15, 0.2) is 0 Å². The molecule has 12 heavy (non-hydrogen) atoms. The van der Waals surface area contributed by atoms with Crippen LogP contribution in [-0.2, 0) is 4.74 Å². The van der Waals surface area contributed by atoms with Crippen LogP contribution in [0.15, 0.2) is 0 Å². The van der Waals surface area contributed by atoms with E-state index >= 15 is 0 Å². The topological polar surface area (TPSA) is 9.23 Å². The molecule has 1 saturated carbocycles. The third-order valence-electron chi connectivity index (χ3n) is 3.02. The summed E-state index contributed by atoms with van der Waals surface area (Å²) in [4.78, 5) is 0. The lowest BCUT2D eigenvalue weighted by atomic mass is 9.78. The summed E-state index contributed by atoms with van der Waals surface area (Å²) in [6.07, 6.45) is 6.73. The molecule has 1 aliphatic rings. The van der Waals surface area contributed by atoms with Gasteiger partial charge in [-0.25, -0.2) is 0 Å². The first-order valence-corrected chi connectivity index (χ1v) is 5.19. The van der Waals surface area contributed by atoms with Gasteiger partial charge in [-0.1, -0.05) is 13.8 Å². The Morgan fingerprint density at radius 2 is 2.17 bits per heavy atom. The van der Waals surface area contributed by atoms with Gasteiger partial charge in [-0.3, -0.25) is 0 Å². The number of rotatable bonds is 3. The average molecular weight is 169 g/mol. The molecule has 1 rings (SSSR count). The molecule has 1 nitrogen and oxygen atoms in total. The Morgan fingerprint density at radius 3 is 2.67 bits per heavy atom. The molecule has 3 atom stereocenters. The molecule has 0 N–H and O–H groups in total. The number of ether oxygens (including phenoxy) is 1. The van der Waals surface area contributed by atoms with Gasteiger partial charge in [0.05, 0.1) is 6.10 Å². The van der Waals surface area contributed by atoms with Crippen LogP contribution in [-0.4, -0.2) is 12.7 Å². The van der Waals surface area contributed by atoms with Crippen LogP contribution in [0.25, 0.3) is 0 Å². The van der Waals surface area contributed by atoms with Crippen molar-refractivity contribution >= 4 is 0 Å². The molecule has 0 amide bonds. The minimum Gasteiger partial charge on any atom is -0.378 e. The Labute approximate surface area is 76.5 Å². The summed E-state index contributed by atoms with van der Waals surface area (Å²) < 4.78 is 5.63. The Balaban J connectivity index is 2.30. The molecule has 0 bridgehead atoms. The second-order valence-electron chi connectivity index (χ2n) is 3.86. The highest BCUT2D eigenvalue weighted by Gasteiger charge is 2.26. The van der Waals surface area contributed by atoms with E-state index in [1.807, 2.05) is 0 Å². The fraction of sp³-hybridized carbons (Fsp3) is 0.909. The minimum atomic E-state index is 0.543. The van der Waals surface area contributed by atoms with Crippen LogP contribution >= 0.6 is 0 Å². The van der Waals surface area contributed by atoms with E-state index in [2.05, 4.69) is 27.2 Å². The molecule has 1 heteroatoms. The third kappa shape index (κ3) is 2.48. The van der Waals surface area contributed by atoms with Crippen LogP contribution in [0.2, 0.25) is 0 Å². The lowest BCUT2D eigenvalue weighted by molar-refractivity contribution is 0.0114. The quantitative estimate of drug-likeness (QED) is 0.631. The molecule has 0 spiro atoms. The maximum Gasteiger partial charge on any atom is 0.0577 e. The van der Waals surface area contributed by atoms with E-state index in [1.165, 1.54) is 19.3 Å². The second kappa shape index (κ2) is 4.86. The maximum atomic E-state index is 5.63. The van der Waals surface area contributed by atoms with Gasteiger partial charge >= 0.3 is 0 Å². The van der Waals surface area contributed by atoms with Crippen molar-refractivity contribution in [1.29, 1.82) is 0 Å². The molecule has 3 unspecified atom stereocenters. The maximum absolute atomic E-state index is 5.63. The summed E-state index contributed by atoms with van der Waals surface area (Å²) in [6.45, 7) is 7.48. The zero-order chi connectivity index (χ0) is 8.97. The van der Waals surface area contributed by atoms with Crippen LogP contribution < -0.4 is 0 Å². The van der Waals surface area contributed by atoms with E-state index in [9.17, 15) is 0 Å². The zero-order valence-corrected chi connectivity index (χ0v) is 8.55. The van der Waals surface area contributed by atoms with Crippen molar-refractivity contribution in [3.63, 3.8) is 0 Å². The lowest BCUT2D eigenvalue weighted by Gasteiger charge is -2.33. The molecule has 0 saturated heterocycles. The van der Waals surface area contributed by atoms with Crippen LogP contribution in [0.3, 0.4) is 0 Å². The highest BCUT2D eigenvalue weighted by molar-refractivity contribution is 4.84. The lowest BCUT2D eigenvalue weighted by Crippen LogP contribution is -2.28. The molecule has 71 valence electrons. The van der Waals surface area contributed by atoms with Crippen molar-refractivity contribution in [2.24, 2.45) is 11.8 Å². The van der Waals surface area contributed by atoms with Crippen molar-refractivity contribution in [3.05, 3.63) is 6.42 Å². The van der Waals surface area contributed by atoms with Crippen molar-refractivity contribution in [2.45, 2.75) is 46.1 Å². The van der Waals surface area contributed by atoms with E-state index in [1.54, 1.807) is 0 Å². The fourth-order valence-corrected chi connectivity index (χ4v) is 2.25. The van der Waals surface area contributed by atoms with Crippen molar-refractivity contribution in [3.8, 4) is 0 Å². The summed E-state index contributed by atoms with van der Waals surface area (Å²) in [7, 11) is 0. The van der Waals surface area contributed by atoms with Crippen molar-refractivity contribution in [1.82, 2.24) is 0 Å². The largest absolute Gasteiger partial charge is 0.378 e. The predicted octanol–water partition coefficient (Wildman–Crippen LogP) is 3.05. The van der Waals surface area contributed by atoms with Crippen LogP contribution in [0, 0.1) is 18.3 Å². The fourth-order valence-electron chi connectivity index (χ4n) is 2.25. The SMILES string of the molecule is C[CH]C1CCC(OCC)CC1C. The van der Waals surface area contributed by atoms with E-state index in [4.69, 9.17) is 4.74 Å². The molecule has 1 aliphatic carbocycles. The Bertz CT molecular complexity index is 122. The van der Waals surface area contributed by atoms with Gasteiger partial charge in [0.25, 0.3) is 0 Å².